The van der Waals surface area contributed by atoms with E-state index in [-0.39, 0.29) is 17.2 Å². The molecule has 0 radical (unpaired) electrons. The number of hydrogen-bond acceptors (Lipinski definition) is 6. The second kappa shape index (κ2) is 6.99. The maximum absolute atomic E-state index is 12.7. The first kappa shape index (κ1) is 19.1. The van der Waals surface area contributed by atoms with E-state index in [0.717, 1.165) is 31.1 Å². The first-order valence-electron chi connectivity index (χ1n) is 9.64. The van der Waals surface area contributed by atoms with E-state index >= 15 is 0 Å². The van der Waals surface area contributed by atoms with E-state index in [1.165, 1.54) is 6.92 Å². The normalized spacial score (nSPS) is 25.6. The van der Waals surface area contributed by atoms with Gasteiger partial charge in [0.2, 0.25) is 11.8 Å². The van der Waals surface area contributed by atoms with Crippen LogP contribution < -0.4 is 0 Å². The highest BCUT2D eigenvalue weighted by atomic mass is 32.2. The molecule has 1 aliphatic heterocycles. The zero-order valence-corrected chi connectivity index (χ0v) is 17.0. The van der Waals surface area contributed by atoms with Crippen molar-refractivity contribution in [2.75, 3.05) is 19.3 Å². The summed E-state index contributed by atoms with van der Waals surface area (Å²) in [6, 6.07) is 9.97. The fourth-order valence-electron chi connectivity index (χ4n) is 4.55. The third kappa shape index (κ3) is 3.34. The van der Waals surface area contributed by atoms with Crippen molar-refractivity contribution in [1.82, 2.24) is 15.0 Å². The molecule has 7 nitrogen and oxygen atoms in total. The number of fused-ring (bicyclic) bond motifs is 1. The van der Waals surface area contributed by atoms with E-state index < -0.39 is 15.1 Å². The Bertz CT molecular complexity index is 972. The summed E-state index contributed by atoms with van der Waals surface area (Å²) in [7, 11) is -3.42. The molecule has 150 valence electrons. The predicted octanol–water partition coefficient (Wildman–Crippen LogP) is 1.97. The van der Waals surface area contributed by atoms with E-state index in [0.29, 0.717) is 31.2 Å². The highest BCUT2D eigenvalue weighted by Crippen LogP contribution is 2.50. The third-order valence-corrected chi connectivity index (χ3v) is 7.76. The second-order valence-electron chi connectivity index (χ2n) is 8.11. The molecule has 0 N–H and O–H groups in total. The van der Waals surface area contributed by atoms with Gasteiger partial charge in [-0.05, 0) is 31.2 Å². The maximum Gasteiger partial charge on any atom is 0.240 e. The van der Waals surface area contributed by atoms with Gasteiger partial charge in [-0.3, -0.25) is 4.79 Å². The largest absolute Gasteiger partial charge is 0.340 e. The van der Waals surface area contributed by atoms with Crippen LogP contribution in [0.3, 0.4) is 0 Å². The fourth-order valence-corrected chi connectivity index (χ4v) is 5.07. The number of hydrogen-bond donors (Lipinski definition) is 0. The third-order valence-electron chi connectivity index (χ3n) is 6.27. The Kier molecular flexibility index (Phi) is 4.77. The molecule has 0 unspecified atom stereocenters. The summed E-state index contributed by atoms with van der Waals surface area (Å²) in [5.74, 6) is 1.12. The molecule has 2 aliphatic rings. The quantitative estimate of drug-likeness (QED) is 0.758. The average Bonchev–Trinajstić information content (AvgIpc) is 3.34. The molecule has 1 aromatic carbocycles. The summed E-state index contributed by atoms with van der Waals surface area (Å²) in [4.78, 5) is 19.1. The van der Waals surface area contributed by atoms with E-state index in [1.807, 2.05) is 30.3 Å². The molecule has 1 saturated carbocycles. The van der Waals surface area contributed by atoms with Crippen LogP contribution in [0, 0.1) is 5.92 Å². The van der Waals surface area contributed by atoms with Crippen LogP contribution in [0.4, 0.5) is 0 Å². The first-order chi connectivity index (χ1) is 13.3. The Hall–Kier alpha value is -2.22. The van der Waals surface area contributed by atoms with Gasteiger partial charge >= 0.3 is 0 Å². The van der Waals surface area contributed by atoms with E-state index in [4.69, 9.17) is 4.52 Å². The molecule has 1 aromatic heterocycles. The summed E-state index contributed by atoms with van der Waals surface area (Å²) < 4.78 is 29.3. The van der Waals surface area contributed by atoms with Crippen LogP contribution in [0.15, 0.2) is 34.9 Å². The van der Waals surface area contributed by atoms with Gasteiger partial charge < -0.3 is 9.42 Å². The number of likely N-dealkylation sites (tertiary alicyclic amines) is 1. The molecule has 3 atom stereocenters. The molecule has 8 heteroatoms. The standard InChI is InChI=1S/C20H25N3O4S/c1-14(28(2,25)26)18(24)23-12-16-9-6-10-20(16,13-23)19-21-17(22-27-19)11-15-7-4-3-5-8-15/h3-5,7-8,14,16H,6,9-13H2,1-2H3/t14-,16+,20+/m0/s1. The fraction of sp³-hybridized carbons (Fsp3) is 0.550. The van der Waals surface area contributed by atoms with Gasteiger partial charge in [0.15, 0.2) is 15.7 Å². The molecule has 1 amide bonds. The zero-order chi connectivity index (χ0) is 19.9. The first-order valence-corrected chi connectivity index (χ1v) is 11.6. The maximum atomic E-state index is 12.7. The van der Waals surface area contributed by atoms with Crippen molar-refractivity contribution in [2.45, 2.75) is 43.3 Å². The minimum Gasteiger partial charge on any atom is -0.340 e. The van der Waals surface area contributed by atoms with Crippen molar-refractivity contribution < 1.29 is 17.7 Å². The SMILES string of the molecule is C[C@@H](C(=O)N1C[C@H]2CCC[C@@]2(c2nc(Cc3ccccc3)no2)C1)S(C)(=O)=O. The number of rotatable bonds is 5. The molecule has 2 heterocycles. The van der Waals surface area contributed by atoms with Crippen LogP contribution in [0.25, 0.3) is 0 Å². The van der Waals surface area contributed by atoms with Gasteiger partial charge in [0.1, 0.15) is 5.25 Å². The Morgan fingerprint density at radius 2 is 2.11 bits per heavy atom. The number of sulfone groups is 1. The van der Waals surface area contributed by atoms with Crippen molar-refractivity contribution in [3.8, 4) is 0 Å². The number of nitrogens with zero attached hydrogens (tertiary/aromatic N) is 3. The van der Waals surface area contributed by atoms with Crippen LogP contribution in [-0.4, -0.2) is 54.0 Å². The van der Waals surface area contributed by atoms with Crippen LogP contribution in [0.5, 0.6) is 0 Å². The Balaban J connectivity index is 1.56. The van der Waals surface area contributed by atoms with Crippen LogP contribution in [-0.2, 0) is 26.5 Å². The van der Waals surface area contributed by atoms with Crippen LogP contribution in [0.1, 0.15) is 43.5 Å². The van der Waals surface area contributed by atoms with Crippen LogP contribution in [0.2, 0.25) is 0 Å². The smallest absolute Gasteiger partial charge is 0.240 e. The van der Waals surface area contributed by atoms with Gasteiger partial charge in [-0.25, -0.2) is 8.42 Å². The number of carbonyl (C=O) groups excluding carboxylic acids is 1. The molecule has 0 spiro atoms. The van der Waals surface area contributed by atoms with Gasteiger partial charge in [-0.15, -0.1) is 0 Å². The molecular weight excluding hydrogens is 378 g/mol. The minimum absolute atomic E-state index is 0.230. The monoisotopic (exact) mass is 403 g/mol. The van der Waals surface area contributed by atoms with Crippen molar-refractivity contribution in [2.24, 2.45) is 5.92 Å². The summed E-state index contributed by atoms with van der Waals surface area (Å²) in [5, 5.41) is 3.14. The van der Waals surface area contributed by atoms with Crippen LogP contribution >= 0.6 is 0 Å². The van der Waals surface area contributed by atoms with Crippen molar-refractivity contribution in [1.29, 1.82) is 0 Å². The van der Waals surface area contributed by atoms with Crippen molar-refractivity contribution in [3.05, 3.63) is 47.6 Å². The molecular formula is C20H25N3O4S. The lowest BCUT2D eigenvalue weighted by molar-refractivity contribution is -0.129. The Morgan fingerprint density at radius 3 is 2.82 bits per heavy atom. The van der Waals surface area contributed by atoms with Gasteiger partial charge in [-0.1, -0.05) is 41.9 Å². The summed E-state index contributed by atoms with van der Waals surface area (Å²) in [6.07, 6.45) is 4.61. The van der Waals surface area contributed by atoms with Gasteiger partial charge in [0, 0.05) is 25.8 Å². The Morgan fingerprint density at radius 1 is 1.36 bits per heavy atom. The molecule has 28 heavy (non-hydrogen) atoms. The number of aromatic nitrogens is 2. The molecule has 0 bridgehead atoms. The Labute approximate surface area is 165 Å². The van der Waals surface area contributed by atoms with Gasteiger partial charge in [0.05, 0.1) is 5.41 Å². The highest BCUT2D eigenvalue weighted by molar-refractivity contribution is 7.92. The summed E-state index contributed by atoms with van der Waals surface area (Å²) in [6.45, 7) is 2.46. The highest BCUT2D eigenvalue weighted by Gasteiger charge is 2.55. The van der Waals surface area contributed by atoms with Gasteiger partial charge in [0.25, 0.3) is 0 Å². The molecule has 1 saturated heterocycles. The lowest BCUT2D eigenvalue weighted by Gasteiger charge is -2.25. The molecule has 1 aliphatic carbocycles. The van der Waals surface area contributed by atoms with E-state index in [1.54, 1.807) is 4.90 Å². The topological polar surface area (TPSA) is 93.4 Å². The molecule has 2 aromatic rings. The number of carbonyl (C=O) groups is 1. The van der Waals surface area contributed by atoms with Gasteiger partial charge in [-0.2, -0.15) is 4.98 Å². The average molecular weight is 404 g/mol. The number of benzene rings is 1. The zero-order valence-electron chi connectivity index (χ0n) is 16.2. The molecule has 2 fully saturated rings. The minimum atomic E-state index is -3.42. The summed E-state index contributed by atoms with van der Waals surface area (Å²) >= 11 is 0. The lowest BCUT2D eigenvalue weighted by atomic mass is 9.80. The predicted molar refractivity (Wildman–Crippen MR) is 103 cm³/mol. The summed E-state index contributed by atoms with van der Waals surface area (Å²) in [5.41, 5.74) is 0.759. The van der Waals surface area contributed by atoms with E-state index in [2.05, 4.69) is 10.1 Å². The van der Waals surface area contributed by atoms with Crippen molar-refractivity contribution >= 4 is 15.7 Å². The van der Waals surface area contributed by atoms with Crippen molar-refractivity contribution in [3.63, 3.8) is 0 Å². The molecule has 4 rings (SSSR count). The second-order valence-corrected chi connectivity index (χ2v) is 10.5. The van der Waals surface area contributed by atoms with E-state index in [9.17, 15) is 13.2 Å². The lowest BCUT2D eigenvalue weighted by Crippen LogP contribution is -2.42. The number of amides is 1.